The van der Waals surface area contributed by atoms with Crippen LogP contribution >= 0.6 is 0 Å². The van der Waals surface area contributed by atoms with Gasteiger partial charge in [-0.25, -0.2) is 0 Å². The molecule has 1 heterocycles. The highest BCUT2D eigenvalue weighted by atomic mass is 16.5. The van der Waals surface area contributed by atoms with E-state index in [9.17, 15) is 0 Å². The van der Waals surface area contributed by atoms with Crippen molar-refractivity contribution >= 4 is 0 Å². The molecule has 2 fully saturated rings. The van der Waals surface area contributed by atoms with Crippen molar-refractivity contribution < 1.29 is 7.48 Å². The van der Waals surface area contributed by atoms with E-state index in [0.29, 0.717) is 6.04 Å². The molecule has 2 aliphatic rings. The third-order valence-corrected chi connectivity index (χ3v) is 5.41. The van der Waals surface area contributed by atoms with Crippen molar-refractivity contribution in [3.63, 3.8) is 0 Å². The minimum atomic E-state index is -1.24. The average Bonchev–Trinajstić information content (AvgIpc) is 2.57. The van der Waals surface area contributed by atoms with Crippen LogP contribution in [-0.2, 0) is 4.74 Å². The third-order valence-electron chi connectivity index (χ3n) is 5.41. The zero-order valence-electron chi connectivity index (χ0n) is 18.1. The summed E-state index contributed by atoms with van der Waals surface area (Å²) in [5, 5.41) is 0. The van der Waals surface area contributed by atoms with Crippen molar-refractivity contribution in [1.29, 1.82) is 0 Å². The Balaban J connectivity index is 1.68. The first-order valence-electron chi connectivity index (χ1n) is 10.8. The Bertz CT molecular complexity index is 387. The van der Waals surface area contributed by atoms with Gasteiger partial charge in [-0.05, 0) is 64.7 Å². The molecular formula is C20H40N2O. The molecule has 0 aromatic carbocycles. The Morgan fingerprint density at radius 3 is 2.09 bits per heavy atom. The van der Waals surface area contributed by atoms with Crippen molar-refractivity contribution in [1.82, 2.24) is 9.80 Å². The molecule has 1 saturated carbocycles. The first kappa shape index (κ1) is 16.4. The van der Waals surface area contributed by atoms with Crippen LogP contribution in [0.2, 0.25) is 0 Å². The highest BCUT2D eigenvalue weighted by Gasteiger charge is 2.26. The second kappa shape index (κ2) is 9.39. The van der Waals surface area contributed by atoms with E-state index < -0.39 is 6.37 Å². The predicted octanol–water partition coefficient (Wildman–Crippen LogP) is 4.02. The lowest BCUT2D eigenvalue weighted by Crippen LogP contribution is -2.50. The van der Waals surface area contributed by atoms with Gasteiger partial charge in [-0.2, -0.15) is 0 Å². The number of hydrogen-bond donors (Lipinski definition) is 0. The van der Waals surface area contributed by atoms with E-state index in [-0.39, 0.29) is 18.1 Å². The van der Waals surface area contributed by atoms with E-state index in [1.807, 2.05) is 20.8 Å². The molecule has 1 saturated heterocycles. The van der Waals surface area contributed by atoms with Crippen LogP contribution in [0, 0.1) is 11.8 Å². The number of hydrogen-bond acceptors (Lipinski definition) is 3. The van der Waals surface area contributed by atoms with Crippen molar-refractivity contribution in [2.75, 3.05) is 32.7 Å². The summed E-state index contributed by atoms with van der Waals surface area (Å²) in [5.41, 5.74) is 0. The molecule has 0 aromatic heterocycles. The smallest absolute Gasteiger partial charge is 0.0579 e. The second-order valence-corrected chi connectivity index (χ2v) is 8.17. The lowest BCUT2D eigenvalue weighted by Gasteiger charge is -2.39. The Labute approximate surface area is 147 Å². The molecule has 3 heteroatoms. The quantitative estimate of drug-likeness (QED) is 0.703. The molecule has 0 spiro atoms. The van der Waals surface area contributed by atoms with Gasteiger partial charge in [0.15, 0.2) is 0 Å². The zero-order chi connectivity index (χ0) is 18.6. The van der Waals surface area contributed by atoms with Crippen LogP contribution in [0.1, 0.15) is 69.4 Å². The molecule has 0 radical (unpaired) electrons. The van der Waals surface area contributed by atoms with Gasteiger partial charge in [0.25, 0.3) is 0 Å². The molecule has 1 aliphatic heterocycles. The minimum absolute atomic E-state index is 0.0108. The highest BCUT2D eigenvalue weighted by Crippen LogP contribution is 2.28. The minimum Gasteiger partial charge on any atom is -0.375 e. The van der Waals surface area contributed by atoms with Gasteiger partial charge in [0, 0.05) is 41.5 Å². The van der Waals surface area contributed by atoms with E-state index in [2.05, 4.69) is 23.6 Å². The van der Waals surface area contributed by atoms with Gasteiger partial charge in [0.05, 0.1) is 12.2 Å². The van der Waals surface area contributed by atoms with Crippen LogP contribution in [0.5, 0.6) is 0 Å². The van der Waals surface area contributed by atoms with Crippen molar-refractivity contribution in [3.05, 3.63) is 0 Å². The van der Waals surface area contributed by atoms with Crippen LogP contribution in [-0.4, -0.2) is 60.8 Å². The first-order valence-corrected chi connectivity index (χ1v) is 9.82. The zero-order valence-corrected chi connectivity index (χ0v) is 16.1. The maximum atomic E-state index is 8.19. The van der Waals surface area contributed by atoms with Gasteiger partial charge in [0.2, 0.25) is 0 Å². The maximum absolute atomic E-state index is 8.19. The maximum Gasteiger partial charge on any atom is 0.0579 e. The van der Waals surface area contributed by atoms with E-state index in [1.54, 1.807) is 0 Å². The van der Waals surface area contributed by atoms with Crippen molar-refractivity contribution in [2.45, 2.75) is 84.9 Å². The Morgan fingerprint density at radius 1 is 0.957 bits per heavy atom. The van der Waals surface area contributed by atoms with Crippen LogP contribution in [0.15, 0.2) is 0 Å². The molecule has 23 heavy (non-hydrogen) atoms. The Hall–Kier alpha value is -0.120. The number of nitrogens with zero attached hydrogens (tertiary/aromatic N) is 2. The normalized spacial score (nSPS) is 31.3. The summed E-state index contributed by atoms with van der Waals surface area (Å²) < 4.78 is 22.5. The lowest BCUT2D eigenvalue weighted by molar-refractivity contribution is -0.0387. The molecule has 1 atom stereocenters. The molecule has 0 amide bonds. The summed E-state index contributed by atoms with van der Waals surface area (Å²) >= 11 is 0. The van der Waals surface area contributed by atoms with Gasteiger partial charge < -0.3 is 9.64 Å². The third kappa shape index (κ3) is 6.72. The van der Waals surface area contributed by atoms with E-state index in [0.717, 1.165) is 18.8 Å². The first-order chi connectivity index (χ1) is 11.7. The largest absolute Gasteiger partial charge is 0.375 e. The van der Waals surface area contributed by atoms with E-state index >= 15 is 0 Å². The molecule has 1 aliphatic carbocycles. The number of piperazine rings is 1. The van der Waals surface area contributed by atoms with Crippen molar-refractivity contribution in [2.24, 2.45) is 11.8 Å². The fraction of sp³-hybridized carbons (Fsp3) is 1.00. The Morgan fingerprint density at radius 2 is 1.57 bits per heavy atom. The summed E-state index contributed by atoms with van der Waals surface area (Å²) in [5.74, 6) is 0.783. The second-order valence-electron chi connectivity index (χ2n) is 8.17. The summed E-state index contributed by atoms with van der Waals surface area (Å²) in [6.07, 6.45) is 3.33. The molecule has 1 unspecified atom stereocenters. The predicted molar refractivity (Wildman–Crippen MR) is 98.9 cm³/mol. The summed E-state index contributed by atoms with van der Waals surface area (Å²) in [4.78, 5) is 5.22. The monoisotopic (exact) mass is 326 g/mol. The molecular weight excluding hydrogens is 284 g/mol. The van der Waals surface area contributed by atoms with Gasteiger partial charge >= 0.3 is 0 Å². The number of rotatable bonds is 7. The van der Waals surface area contributed by atoms with Crippen LogP contribution < -0.4 is 0 Å². The van der Waals surface area contributed by atoms with Gasteiger partial charge in [-0.3, -0.25) is 4.90 Å². The molecule has 0 N–H and O–H groups in total. The Kier molecular flexibility index (Phi) is 6.67. The van der Waals surface area contributed by atoms with Crippen LogP contribution in [0.4, 0.5) is 0 Å². The SMILES string of the molecule is [2H]C([2H])(C(C)C)C(C)OC1CCC(CN2CCN(C(C)C)CC2)CC1. The molecule has 2 rings (SSSR count). The standard InChI is InChI=1S/C20H40N2O/c1-16(2)14-18(5)23-20-8-6-19(7-9-20)15-21-10-12-22(13-11-21)17(3)4/h16-20H,6-15H2,1-5H3/i14D2. The molecule has 136 valence electrons. The van der Waals surface area contributed by atoms with Gasteiger partial charge in [-0.1, -0.05) is 13.8 Å². The van der Waals surface area contributed by atoms with E-state index in [4.69, 9.17) is 7.48 Å². The van der Waals surface area contributed by atoms with Crippen molar-refractivity contribution in [3.8, 4) is 0 Å². The molecule has 0 aromatic rings. The van der Waals surface area contributed by atoms with Crippen LogP contribution in [0.3, 0.4) is 0 Å². The average molecular weight is 327 g/mol. The topological polar surface area (TPSA) is 15.7 Å². The fourth-order valence-electron chi connectivity index (χ4n) is 4.08. The molecule has 3 nitrogen and oxygen atoms in total. The summed E-state index contributed by atoms with van der Waals surface area (Å²) in [7, 11) is 0. The van der Waals surface area contributed by atoms with Gasteiger partial charge in [0.1, 0.15) is 0 Å². The van der Waals surface area contributed by atoms with Crippen LogP contribution in [0.25, 0.3) is 0 Å². The summed E-state index contributed by atoms with van der Waals surface area (Å²) in [6.45, 7) is 16.4. The molecule has 0 bridgehead atoms. The fourth-order valence-corrected chi connectivity index (χ4v) is 4.08. The van der Waals surface area contributed by atoms with E-state index in [1.165, 1.54) is 45.6 Å². The lowest BCUT2D eigenvalue weighted by atomic mass is 9.86. The number of ether oxygens (including phenoxy) is 1. The highest BCUT2D eigenvalue weighted by molar-refractivity contribution is 4.80. The van der Waals surface area contributed by atoms with Gasteiger partial charge in [-0.15, -0.1) is 0 Å². The summed E-state index contributed by atoms with van der Waals surface area (Å²) in [6, 6.07) is 0.670.